The van der Waals surface area contributed by atoms with Crippen LogP contribution in [0.1, 0.15) is 42.7 Å². The van der Waals surface area contributed by atoms with Crippen LogP contribution in [0.25, 0.3) is 11.1 Å². The van der Waals surface area contributed by atoms with Crippen LogP contribution in [0.2, 0.25) is 0 Å². The predicted octanol–water partition coefficient (Wildman–Crippen LogP) is 3.67. The van der Waals surface area contributed by atoms with E-state index in [1.54, 1.807) is 37.3 Å². The third kappa shape index (κ3) is 5.54. The molecule has 4 N–H and O–H groups in total. The highest BCUT2D eigenvalue weighted by Gasteiger charge is 2.18. The van der Waals surface area contributed by atoms with E-state index in [2.05, 4.69) is 20.6 Å². The molecule has 1 atom stereocenters. The quantitative estimate of drug-likeness (QED) is 0.432. The van der Waals surface area contributed by atoms with Gasteiger partial charge < -0.3 is 20.7 Å². The highest BCUT2D eigenvalue weighted by Crippen LogP contribution is 2.30. The van der Waals surface area contributed by atoms with Crippen molar-refractivity contribution in [2.45, 2.75) is 32.7 Å². The molecule has 3 aromatic rings. The molecule has 0 unspecified atom stereocenters. The molecule has 0 bridgehead atoms. The van der Waals surface area contributed by atoms with Gasteiger partial charge in [-0.1, -0.05) is 32.0 Å². The molecule has 0 radical (unpaired) electrons. The average molecular weight is 459 g/mol. The molecule has 3 rings (SSSR count). The van der Waals surface area contributed by atoms with E-state index < -0.39 is 23.3 Å². The molecular formula is C23H27FN4O3S. The lowest BCUT2D eigenvalue weighted by atomic mass is 10.0. The molecule has 1 aromatic carbocycles. The lowest BCUT2D eigenvalue weighted by molar-refractivity contribution is 0.0923. The number of halogens is 1. The average Bonchev–Trinajstić information content (AvgIpc) is 2.75. The molecular weight excluding hydrogens is 431 g/mol. The summed E-state index contributed by atoms with van der Waals surface area (Å²) in [5, 5.41) is 15.1. The molecule has 2 heterocycles. The number of rotatable bonds is 7. The van der Waals surface area contributed by atoms with E-state index in [0.717, 1.165) is 0 Å². The molecule has 0 aliphatic rings. The Kier molecular flexibility index (Phi) is 8.56. The van der Waals surface area contributed by atoms with Crippen LogP contribution in [0, 0.1) is 5.82 Å². The molecule has 2 aromatic heterocycles. The van der Waals surface area contributed by atoms with E-state index >= 15 is 0 Å². The van der Waals surface area contributed by atoms with Crippen molar-refractivity contribution in [3.63, 3.8) is 0 Å². The minimum atomic E-state index is -0.502. The zero-order valence-electron chi connectivity index (χ0n) is 18.1. The van der Waals surface area contributed by atoms with Gasteiger partial charge in [0.25, 0.3) is 11.5 Å². The first kappa shape index (κ1) is 25.1. The SMILES string of the molecule is CC(C)c1[nH]c(=O)c(-c2ccccc2F)cc1Nc1ccncc1C(=O)N[C@@H](C)CO.S. The maximum Gasteiger partial charge on any atom is 0.256 e. The summed E-state index contributed by atoms with van der Waals surface area (Å²) in [6, 6.07) is 8.86. The number of benzene rings is 1. The predicted molar refractivity (Wildman–Crippen MR) is 128 cm³/mol. The normalized spacial score (nSPS) is 11.6. The van der Waals surface area contributed by atoms with Crippen LogP contribution in [0.3, 0.4) is 0 Å². The Morgan fingerprint density at radius 2 is 1.88 bits per heavy atom. The minimum Gasteiger partial charge on any atom is -0.394 e. The molecule has 0 saturated carbocycles. The summed E-state index contributed by atoms with van der Waals surface area (Å²) in [6.07, 6.45) is 2.95. The summed E-state index contributed by atoms with van der Waals surface area (Å²) in [7, 11) is 0. The maximum atomic E-state index is 14.3. The summed E-state index contributed by atoms with van der Waals surface area (Å²) in [6.45, 7) is 5.32. The topological polar surface area (TPSA) is 107 Å². The highest BCUT2D eigenvalue weighted by atomic mass is 32.1. The van der Waals surface area contributed by atoms with Crippen molar-refractivity contribution in [1.82, 2.24) is 15.3 Å². The largest absolute Gasteiger partial charge is 0.394 e. The number of pyridine rings is 2. The molecule has 7 nitrogen and oxygen atoms in total. The summed E-state index contributed by atoms with van der Waals surface area (Å²) in [5.74, 6) is -0.946. The number of anilines is 2. The van der Waals surface area contributed by atoms with Crippen LogP contribution in [-0.4, -0.2) is 33.6 Å². The Morgan fingerprint density at radius 3 is 2.53 bits per heavy atom. The smallest absolute Gasteiger partial charge is 0.256 e. The van der Waals surface area contributed by atoms with Gasteiger partial charge in [0.05, 0.1) is 29.1 Å². The first-order chi connectivity index (χ1) is 14.8. The Morgan fingerprint density at radius 1 is 1.16 bits per heavy atom. The van der Waals surface area contributed by atoms with Crippen molar-refractivity contribution in [2.24, 2.45) is 0 Å². The first-order valence-electron chi connectivity index (χ1n) is 9.96. The van der Waals surface area contributed by atoms with Crippen LogP contribution in [-0.2, 0) is 0 Å². The van der Waals surface area contributed by atoms with Gasteiger partial charge in [0.1, 0.15) is 5.82 Å². The number of aliphatic hydroxyl groups excluding tert-OH is 1. The maximum absolute atomic E-state index is 14.3. The lowest BCUT2D eigenvalue weighted by Gasteiger charge is -2.18. The minimum absolute atomic E-state index is 0. The number of hydrogen-bond donors (Lipinski definition) is 4. The van der Waals surface area contributed by atoms with Crippen LogP contribution >= 0.6 is 13.5 Å². The van der Waals surface area contributed by atoms with E-state index in [-0.39, 0.29) is 42.7 Å². The molecule has 1 amide bonds. The highest BCUT2D eigenvalue weighted by molar-refractivity contribution is 7.59. The molecule has 0 aliphatic heterocycles. The molecule has 0 aliphatic carbocycles. The number of aliphatic hydroxyl groups is 1. The number of carbonyl (C=O) groups is 1. The van der Waals surface area contributed by atoms with Crippen molar-refractivity contribution >= 4 is 30.8 Å². The van der Waals surface area contributed by atoms with Gasteiger partial charge in [-0.15, -0.1) is 0 Å². The summed E-state index contributed by atoms with van der Waals surface area (Å²) < 4.78 is 14.3. The number of amides is 1. The van der Waals surface area contributed by atoms with Gasteiger partial charge >= 0.3 is 0 Å². The zero-order chi connectivity index (χ0) is 22.5. The van der Waals surface area contributed by atoms with Crippen molar-refractivity contribution in [3.8, 4) is 11.1 Å². The third-order valence-electron chi connectivity index (χ3n) is 4.80. The standard InChI is InChI=1S/C23H25FN4O3.H2S/c1-13(2)21-20(10-16(22(30)28-21)15-6-4-5-7-18(15)24)27-19-8-9-25-11-17(19)23(31)26-14(3)12-29;/h4-11,13-14,29H,12H2,1-3H3,(H,25,27)(H,26,31)(H,28,30);1H2/t14-;/m0./s1. The second kappa shape index (κ2) is 10.9. The van der Waals surface area contributed by atoms with Crippen molar-refractivity contribution < 1.29 is 14.3 Å². The zero-order valence-corrected chi connectivity index (χ0v) is 19.1. The second-order valence-electron chi connectivity index (χ2n) is 7.58. The Bertz CT molecular complexity index is 1150. The fourth-order valence-corrected chi connectivity index (χ4v) is 3.16. The van der Waals surface area contributed by atoms with Gasteiger partial charge in [-0.2, -0.15) is 13.5 Å². The number of nitrogens with zero attached hydrogens (tertiary/aromatic N) is 1. The number of hydrogen-bond acceptors (Lipinski definition) is 5. The van der Waals surface area contributed by atoms with E-state index in [0.29, 0.717) is 17.1 Å². The Labute approximate surface area is 192 Å². The number of aromatic amines is 1. The first-order valence-corrected chi connectivity index (χ1v) is 9.96. The van der Waals surface area contributed by atoms with Gasteiger partial charge in [0.2, 0.25) is 0 Å². The fraction of sp³-hybridized carbons (Fsp3) is 0.261. The second-order valence-corrected chi connectivity index (χ2v) is 7.58. The number of aromatic nitrogens is 2. The van der Waals surface area contributed by atoms with Crippen LogP contribution in [0.5, 0.6) is 0 Å². The monoisotopic (exact) mass is 458 g/mol. The molecule has 9 heteroatoms. The van der Waals surface area contributed by atoms with Gasteiger partial charge in [-0.3, -0.25) is 14.6 Å². The van der Waals surface area contributed by atoms with E-state index in [1.807, 2.05) is 13.8 Å². The van der Waals surface area contributed by atoms with Gasteiger partial charge in [0.15, 0.2) is 0 Å². The van der Waals surface area contributed by atoms with E-state index in [1.165, 1.54) is 18.5 Å². The van der Waals surface area contributed by atoms with Crippen molar-refractivity contribution in [1.29, 1.82) is 0 Å². The van der Waals surface area contributed by atoms with Crippen LogP contribution in [0.15, 0.2) is 53.6 Å². The van der Waals surface area contributed by atoms with E-state index in [9.17, 15) is 19.1 Å². The fourth-order valence-electron chi connectivity index (χ4n) is 3.16. The Hall–Kier alpha value is -3.17. The van der Waals surface area contributed by atoms with Crippen LogP contribution < -0.4 is 16.2 Å². The molecule has 0 spiro atoms. The summed E-state index contributed by atoms with van der Waals surface area (Å²) >= 11 is 0. The van der Waals surface area contributed by atoms with Crippen molar-refractivity contribution in [3.05, 3.63) is 76.2 Å². The lowest BCUT2D eigenvalue weighted by Crippen LogP contribution is -2.35. The molecule has 170 valence electrons. The number of carbonyl (C=O) groups excluding carboxylic acids is 1. The number of H-pyrrole nitrogens is 1. The van der Waals surface area contributed by atoms with Gasteiger partial charge in [-0.25, -0.2) is 4.39 Å². The van der Waals surface area contributed by atoms with Gasteiger partial charge in [-0.05, 0) is 31.0 Å². The van der Waals surface area contributed by atoms with Gasteiger partial charge in [0, 0.05) is 29.7 Å². The molecule has 0 fully saturated rings. The summed E-state index contributed by atoms with van der Waals surface area (Å²) in [4.78, 5) is 32.2. The van der Waals surface area contributed by atoms with Crippen molar-refractivity contribution in [2.75, 3.05) is 11.9 Å². The summed E-state index contributed by atoms with van der Waals surface area (Å²) in [5.41, 5.74) is 1.87. The number of nitrogens with one attached hydrogen (secondary N) is 3. The molecule has 32 heavy (non-hydrogen) atoms. The van der Waals surface area contributed by atoms with E-state index in [4.69, 9.17) is 0 Å². The van der Waals surface area contributed by atoms with Crippen LogP contribution in [0.4, 0.5) is 15.8 Å². The molecule has 0 saturated heterocycles. The third-order valence-corrected chi connectivity index (χ3v) is 4.80. The Balaban J connectivity index is 0.00000363.